The van der Waals surface area contributed by atoms with E-state index in [0.717, 1.165) is 38.2 Å². The van der Waals surface area contributed by atoms with Gasteiger partial charge in [0.2, 0.25) is 5.91 Å². The van der Waals surface area contributed by atoms with Gasteiger partial charge in [0, 0.05) is 19.1 Å². The first-order valence-electron chi connectivity index (χ1n) is 8.40. The monoisotopic (exact) mass is 312 g/mol. The molecule has 0 aromatic rings. The minimum Gasteiger partial charge on any atom is -0.393 e. The lowest BCUT2D eigenvalue weighted by Gasteiger charge is -2.28. The quantitative estimate of drug-likeness (QED) is 0.435. The van der Waals surface area contributed by atoms with Crippen molar-refractivity contribution in [1.29, 1.82) is 0 Å². The molecule has 1 fully saturated rings. The number of guanidine groups is 1. The summed E-state index contributed by atoms with van der Waals surface area (Å²) in [5.41, 5.74) is -0.527. The van der Waals surface area contributed by atoms with Crippen molar-refractivity contribution in [1.82, 2.24) is 16.0 Å². The van der Waals surface area contributed by atoms with Crippen molar-refractivity contribution < 1.29 is 9.90 Å². The van der Waals surface area contributed by atoms with Crippen LogP contribution in [0.2, 0.25) is 0 Å². The molecule has 1 rings (SSSR count). The standard InChI is InChI=1S/C16H32N4O2/c1-5-17-14(22)16(3,4)11-19-15(18-6-2)20-12-7-9-13(21)10-8-12/h12-13,21H,5-11H2,1-4H3,(H,17,22)(H2,18,19,20). The molecule has 128 valence electrons. The SMILES string of the molecule is CCNC(=O)C(C)(C)CN=C(NCC)NC1CCC(O)CC1. The van der Waals surface area contributed by atoms with Gasteiger partial charge in [0.15, 0.2) is 5.96 Å². The number of rotatable bonds is 6. The highest BCUT2D eigenvalue weighted by Crippen LogP contribution is 2.19. The van der Waals surface area contributed by atoms with Gasteiger partial charge in [0.1, 0.15) is 0 Å². The summed E-state index contributed by atoms with van der Waals surface area (Å²) >= 11 is 0. The topological polar surface area (TPSA) is 85.8 Å². The Bertz CT molecular complexity index is 374. The Morgan fingerprint density at radius 2 is 1.73 bits per heavy atom. The average Bonchev–Trinajstić information content (AvgIpc) is 2.47. The van der Waals surface area contributed by atoms with Gasteiger partial charge in [0.05, 0.1) is 18.1 Å². The zero-order chi connectivity index (χ0) is 16.6. The van der Waals surface area contributed by atoms with E-state index >= 15 is 0 Å². The van der Waals surface area contributed by atoms with Crippen LogP contribution in [-0.4, -0.2) is 48.8 Å². The lowest BCUT2D eigenvalue weighted by atomic mass is 9.92. The second kappa shape index (κ2) is 8.98. The van der Waals surface area contributed by atoms with E-state index in [2.05, 4.69) is 20.9 Å². The van der Waals surface area contributed by atoms with Gasteiger partial charge in [-0.2, -0.15) is 0 Å². The summed E-state index contributed by atoms with van der Waals surface area (Å²) in [6, 6.07) is 0.341. The molecule has 0 unspecified atom stereocenters. The Morgan fingerprint density at radius 1 is 1.14 bits per heavy atom. The first kappa shape index (κ1) is 18.7. The summed E-state index contributed by atoms with van der Waals surface area (Å²) in [4.78, 5) is 16.6. The van der Waals surface area contributed by atoms with Crippen molar-refractivity contribution in [3.8, 4) is 0 Å². The number of carbonyl (C=O) groups excluding carboxylic acids is 1. The van der Waals surface area contributed by atoms with E-state index in [0.29, 0.717) is 19.1 Å². The predicted octanol–water partition coefficient (Wildman–Crippen LogP) is 1.01. The van der Waals surface area contributed by atoms with Crippen LogP contribution in [0, 0.1) is 5.41 Å². The summed E-state index contributed by atoms with van der Waals surface area (Å²) in [5, 5.41) is 19.1. The molecule has 0 aromatic heterocycles. The van der Waals surface area contributed by atoms with E-state index in [1.807, 2.05) is 27.7 Å². The van der Waals surface area contributed by atoms with Crippen molar-refractivity contribution in [2.45, 2.75) is 65.5 Å². The third kappa shape index (κ3) is 6.22. The highest BCUT2D eigenvalue weighted by Gasteiger charge is 2.27. The number of amides is 1. The molecule has 1 aliphatic carbocycles. The van der Waals surface area contributed by atoms with Gasteiger partial charge >= 0.3 is 0 Å². The molecule has 1 saturated carbocycles. The fourth-order valence-electron chi connectivity index (χ4n) is 2.48. The van der Waals surface area contributed by atoms with Crippen molar-refractivity contribution in [2.24, 2.45) is 10.4 Å². The Balaban J connectivity index is 2.59. The maximum atomic E-state index is 12.0. The summed E-state index contributed by atoms with van der Waals surface area (Å²) < 4.78 is 0. The van der Waals surface area contributed by atoms with Gasteiger partial charge in [-0.3, -0.25) is 9.79 Å². The second-order valence-electron chi connectivity index (χ2n) is 6.59. The summed E-state index contributed by atoms with van der Waals surface area (Å²) in [6.07, 6.45) is 3.41. The van der Waals surface area contributed by atoms with Gasteiger partial charge in [-0.15, -0.1) is 0 Å². The number of aliphatic imine (C=N–C) groups is 1. The molecule has 6 heteroatoms. The summed E-state index contributed by atoms with van der Waals surface area (Å²) in [6.45, 7) is 9.60. The van der Waals surface area contributed by atoms with Crippen molar-refractivity contribution in [3.05, 3.63) is 0 Å². The zero-order valence-corrected chi connectivity index (χ0v) is 14.4. The van der Waals surface area contributed by atoms with Crippen LogP contribution in [0.5, 0.6) is 0 Å². The van der Waals surface area contributed by atoms with E-state index in [-0.39, 0.29) is 12.0 Å². The fraction of sp³-hybridized carbons (Fsp3) is 0.875. The summed E-state index contributed by atoms with van der Waals surface area (Å²) in [5.74, 6) is 0.775. The van der Waals surface area contributed by atoms with Crippen LogP contribution in [-0.2, 0) is 4.79 Å². The molecule has 0 spiro atoms. The molecule has 0 aliphatic heterocycles. The molecular formula is C16H32N4O2. The third-order valence-corrected chi connectivity index (χ3v) is 3.97. The van der Waals surface area contributed by atoms with Crippen molar-refractivity contribution in [3.63, 3.8) is 0 Å². The Labute approximate surface area is 134 Å². The van der Waals surface area contributed by atoms with Crippen LogP contribution in [0.1, 0.15) is 53.4 Å². The Kier molecular flexibility index (Phi) is 7.65. The van der Waals surface area contributed by atoms with Gasteiger partial charge in [-0.1, -0.05) is 0 Å². The highest BCUT2D eigenvalue weighted by molar-refractivity contribution is 5.83. The largest absolute Gasteiger partial charge is 0.393 e. The minimum absolute atomic E-state index is 0.0235. The molecule has 0 saturated heterocycles. The number of aliphatic hydroxyl groups excluding tert-OH is 1. The van der Waals surface area contributed by atoms with Crippen LogP contribution >= 0.6 is 0 Å². The van der Waals surface area contributed by atoms with Gasteiger partial charge < -0.3 is 21.1 Å². The maximum absolute atomic E-state index is 12.0. The third-order valence-electron chi connectivity index (χ3n) is 3.97. The minimum atomic E-state index is -0.527. The van der Waals surface area contributed by atoms with E-state index < -0.39 is 5.41 Å². The summed E-state index contributed by atoms with van der Waals surface area (Å²) in [7, 11) is 0. The number of hydrogen-bond donors (Lipinski definition) is 4. The number of carbonyl (C=O) groups is 1. The molecule has 0 heterocycles. The molecule has 4 N–H and O–H groups in total. The lowest BCUT2D eigenvalue weighted by molar-refractivity contribution is -0.128. The first-order chi connectivity index (χ1) is 10.4. The molecule has 0 atom stereocenters. The molecule has 0 aromatic carbocycles. The zero-order valence-electron chi connectivity index (χ0n) is 14.4. The van der Waals surface area contributed by atoms with Gasteiger partial charge in [0.25, 0.3) is 0 Å². The van der Waals surface area contributed by atoms with E-state index in [9.17, 15) is 9.90 Å². The number of aliphatic hydroxyl groups is 1. The van der Waals surface area contributed by atoms with Crippen molar-refractivity contribution in [2.75, 3.05) is 19.6 Å². The lowest BCUT2D eigenvalue weighted by Crippen LogP contribution is -2.46. The van der Waals surface area contributed by atoms with E-state index in [1.54, 1.807) is 0 Å². The number of nitrogens with one attached hydrogen (secondary N) is 3. The van der Waals surface area contributed by atoms with Crippen LogP contribution < -0.4 is 16.0 Å². The van der Waals surface area contributed by atoms with Gasteiger partial charge in [-0.05, 0) is 53.4 Å². The van der Waals surface area contributed by atoms with Crippen LogP contribution in [0.15, 0.2) is 4.99 Å². The molecule has 1 aliphatic rings. The van der Waals surface area contributed by atoms with Gasteiger partial charge in [-0.25, -0.2) is 0 Å². The van der Waals surface area contributed by atoms with Crippen LogP contribution in [0.4, 0.5) is 0 Å². The van der Waals surface area contributed by atoms with E-state index in [1.165, 1.54) is 0 Å². The van der Waals surface area contributed by atoms with Crippen molar-refractivity contribution >= 4 is 11.9 Å². The Hall–Kier alpha value is -1.30. The molecule has 6 nitrogen and oxygen atoms in total. The number of nitrogens with zero attached hydrogens (tertiary/aromatic N) is 1. The molecule has 0 radical (unpaired) electrons. The fourth-order valence-corrected chi connectivity index (χ4v) is 2.48. The second-order valence-corrected chi connectivity index (χ2v) is 6.59. The molecule has 22 heavy (non-hydrogen) atoms. The normalized spacial score (nSPS) is 23.0. The van der Waals surface area contributed by atoms with Crippen LogP contribution in [0.25, 0.3) is 0 Å². The Morgan fingerprint density at radius 3 is 2.27 bits per heavy atom. The maximum Gasteiger partial charge on any atom is 0.227 e. The van der Waals surface area contributed by atoms with E-state index in [4.69, 9.17) is 0 Å². The molecule has 1 amide bonds. The first-order valence-corrected chi connectivity index (χ1v) is 8.40. The highest BCUT2D eigenvalue weighted by atomic mass is 16.3. The predicted molar refractivity (Wildman–Crippen MR) is 89.8 cm³/mol. The molecule has 0 bridgehead atoms. The van der Waals surface area contributed by atoms with Crippen LogP contribution in [0.3, 0.4) is 0 Å². The molecular weight excluding hydrogens is 280 g/mol. The smallest absolute Gasteiger partial charge is 0.227 e. The number of hydrogen-bond acceptors (Lipinski definition) is 3. The average molecular weight is 312 g/mol.